The van der Waals surface area contributed by atoms with Crippen LogP contribution in [0.3, 0.4) is 0 Å². The lowest BCUT2D eigenvalue weighted by molar-refractivity contribution is -0.0512. The first-order valence-electron chi connectivity index (χ1n) is 6.10. The fourth-order valence-electron chi connectivity index (χ4n) is 1.68. The van der Waals surface area contributed by atoms with Crippen LogP contribution in [-0.2, 0) is 0 Å². The van der Waals surface area contributed by atoms with E-state index in [4.69, 9.17) is 16.3 Å². The summed E-state index contributed by atoms with van der Waals surface area (Å²) < 4.78 is 34.3. The van der Waals surface area contributed by atoms with Gasteiger partial charge in [0, 0.05) is 0 Å². The smallest absolute Gasteiger partial charge is 0.387 e. The summed E-state index contributed by atoms with van der Waals surface area (Å²) in [5.74, 6) is -0.0937. The van der Waals surface area contributed by atoms with Crippen molar-refractivity contribution in [3.8, 4) is 11.5 Å². The highest BCUT2D eigenvalue weighted by molar-refractivity contribution is 7.18. The summed E-state index contributed by atoms with van der Waals surface area (Å²) >= 11 is 6.96. The molecule has 2 aromatic rings. The number of rotatable bonds is 6. The topological polar surface area (TPSA) is 35.5 Å². The van der Waals surface area contributed by atoms with Crippen LogP contribution >= 0.6 is 22.9 Å². The Hall–Kier alpha value is -1.92. The molecule has 1 aromatic carbocycles. The number of ether oxygens (including phenoxy) is 2. The average Bonchev–Trinajstić information content (AvgIpc) is 2.92. The molecule has 0 atom stereocenters. The predicted octanol–water partition coefficient (Wildman–Crippen LogP) is 4.91. The molecule has 0 spiro atoms. The van der Waals surface area contributed by atoms with Crippen molar-refractivity contribution in [2.24, 2.45) is 0 Å². The predicted molar refractivity (Wildman–Crippen MR) is 82.3 cm³/mol. The lowest BCUT2D eigenvalue weighted by Gasteiger charge is -2.10. The molecule has 1 aromatic heterocycles. The van der Waals surface area contributed by atoms with Gasteiger partial charge in [0.05, 0.1) is 16.3 Å². The van der Waals surface area contributed by atoms with Crippen molar-refractivity contribution in [1.82, 2.24) is 0 Å². The van der Waals surface area contributed by atoms with E-state index >= 15 is 0 Å². The van der Waals surface area contributed by atoms with Crippen LogP contribution in [0.5, 0.6) is 11.5 Å². The third-order valence-electron chi connectivity index (χ3n) is 2.65. The van der Waals surface area contributed by atoms with Crippen LogP contribution in [0, 0.1) is 0 Å². The molecule has 0 N–H and O–H groups in total. The van der Waals surface area contributed by atoms with E-state index in [-0.39, 0.29) is 17.3 Å². The first kappa shape index (κ1) is 16.5. The summed E-state index contributed by atoms with van der Waals surface area (Å²) in [6.45, 7) is -2.93. The number of carbonyl (C=O) groups excluding carboxylic acids is 1. The van der Waals surface area contributed by atoms with E-state index in [1.54, 1.807) is 24.3 Å². The number of alkyl halides is 2. The molecule has 22 heavy (non-hydrogen) atoms. The molecule has 0 aliphatic rings. The second-order valence-corrected chi connectivity index (χ2v) is 5.81. The summed E-state index contributed by atoms with van der Waals surface area (Å²) in [6, 6.07) is 7.69. The fraction of sp³-hybridized carbons (Fsp3) is 0.133. The quantitative estimate of drug-likeness (QED) is 0.552. The molecule has 0 bridgehead atoms. The number of allylic oxidation sites excluding steroid dienone is 1. The van der Waals surface area contributed by atoms with E-state index in [0.717, 1.165) is 0 Å². The Morgan fingerprint density at radius 3 is 2.64 bits per heavy atom. The first-order chi connectivity index (χ1) is 10.5. The Bertz CT molecular complexity index is 698. The number of hydrogen-bond donors (Lipinski definition) is 0. The van der Waals surface area contributed by atoms with Gasteiger partial charge < -0.3 is 9.47 Å². The summed E-state index contributed by atoms with van der Waals surface area (Å²) in [5.41, 5.74) is 0.620. The lowest BCUT2D eigenvalue weighted by atomic mass is 10.1. The van der Waals surface area contributed by atoms with Crippen molar-refractivity contribution in [1.29, 1.82) is 0 Å². The molecule has 0 fully saturated rings. The molecular weight excluding hydrogens is 334 g/mol. The van der Waals surface area contributed by atoms with Crippen molar-refractivity contribution in [2.45, 2.75) is 6.61 Å². The minimum atomic E-state index is -2.93. The summed E-state index contributed by atoms with van der Waals surface area (Å²) in [7, 11) is 1.35. The SMILES string of the molecule is COc1cc(C=CC(=O)c2ccc(Cl)s2)ccc1OC(F)F. The minimum Gasteiger partial charge on any atom is -0.493 e. The largest absolute Gasteiger partial charge is 0.493 e. The third-order valence-corrected chi connectivity index (χ3v) is 3.89. The molecule has 0 radical (unpaired) electrons. The van der Waals surface area contributed by atoms with Crippen LogP contribution in [0.15, 0.2) is 36.4 Å². The van der Waals surface area contributed by atoms with Crippen LogP contribution < -0.4 is 9.47 Å². The lowest BCUT2D eigenvalue weighted by Crippen LogP contribution is -2.03. The Balaban J connectivity index is 2.15. The van der Waals surface area contributed by atoms with Gasteiger partial charge in [-0.25, -0.2) is 0 Å². The Morgan fingerprint density at radius 1 is 1.27 bits per heavy atom. The Kier molecular flexibility index (Phi) is 5.51. The van der Waals surface area contributed by atoms with Gasteiger partial charge in [-0.15, -0.1) is 11.3 Å². The van der Waals surface area contributed by atoms with Crippen molar-refractivity contribution >= 4 is 34.8 Å². The first-order valence-corrected chi connectivity index (χ1v) is 7.29. The van der Waals surface area contributed by atoms with Gasteiger partial charge in [-0.05, 0) is 35.9 Å². The second kappa shape index (κ2) is 7.38. The van der Waals surface area contributed by atoms with Crippen LogP contribution in [0.1, 0.15) is 15.2 Å². The Morgan fingerprint density at radius 2 is 2.05 bits per heavy atom. The van der Waals surface area contributed by atoms with Gasteiger partial charge in [0.2, 0.25) is 0 Å². The molecule has 116 valence electrons. The number of ketones is 1. The standard InChI is InChI=1S/C15H11ClF2O3S/c1-20-12-8-9(3-5-11(12)21-15(17)18)2-4-10(19)13-6-7-14(16)22-13/h2-8,15H,1H3. The molecule has 2 rings (SSSR count). The summed E-state index contributed by atoms with van der Waals surface area (Å²) in [6.07, 6.45) is 2.94. The van der Waals surface area contributed by atoms with E-state index in [0.29, 0.717) is 14.8 Å². The maximum atomic E-state index is 12.2. The molecule has 0 amide bonds. The molecule has 7 heteroatoms. The zero-order chi connectivity index (χ0) is 16.1. The maximum absolute atomic E-state index is 12.2. The van der Waals surface area contributed by atoms with Gasteiger partial charge in [0.1, 0.15) is 0 Å². The second-order valence-electron chi connectivity index (χ2n) is 4.09. The van der Waals surface area contributed by atoms with Gasteiger partial charge >= 0.3 is 6.61 Å². The number of halogens is 3. The monoisotopic (exact) mass is 344 g/mol. The molecule has 0 saturated heterocycles. The minimum absolute atomic E-state index is 0.0639. The highest BCUT2D eigenvalue weighted by Crippen LogP contribution is 2.30. The summed E-state index contributed by atoms with van der Waals surface area (Å²) in [5, 5.41) is 0. The van der Waals surface area contributed by atoms with E-state index in [1.165, 1.54) is 36.7 Å². The summed E-state index contributed by atoms with van der Waals surface area (Å²) in [4.78, 5) is 12.4. The van der Waals surface area contributed by atoms with Crippen LogP contribution in [0.4, 0.5) is 8.78 Å². The van der Waals surface area contributed by atoms with Crippen LogP contribution in [-0.4, -0.2) is 19.5 Å². The van der Waals surface area contributed by atoms with Gasteiger partial charge in [-0.3, -0.25) is 4.79 Å². The van der Waals surface area contributed by atoms with Gasteiger partial charge in [0.25, 0.3) is 0 Å². The van der Waals surface area contributed by atoms with Gasteiger partial charge in [0.15, 0.2) is 17.3 Å². The van der Waals surface area contributed by atoms with E-state index in [9.17, 15) is 13.6 Å². The van der Waals surface area contributed by atoms with E-state index in [2.05, 4.69) is 4.74 Å². The average molecular weight is 345 g/mol. The molecule has 3 nitrogen and oxygen atoms in total. The molecule has 0 unspecified atom stereocenters. The number of methoxy groups -OCH3 is 1. The normalized spacial score (nSPS) is 11.1. The number of carbonyl (C=O) groups is 1. The zero-order valence-corrected chi connectivity index (χ0v) is 13.0. The fourth-order valence-corrected chi connectivity index (χ4v) is 2.65. The third kappa shape index (κ3) is 4.29. The van der Waals surface area contributed by atoms with Crippen molar-refractivity contribution < 1.29 is 23.0 Å². The molecule has 1 heterocycles. The van der Waals surface area contributed by atoms with Crippen molar-refractivity contribution in [2.75, 3.05) is 7.11 Å². The highest BCUT2D eigenvalue weighted by atomic mass is 35.5. The van der Waals surface area contributed by atoms with Gasteiger partial charge in [-0.2, -0.15) is 8.78 Å². The zero-order valence-electron chi connectivity index (χ0n) is 11.4. The number of benzene rings is 1. The van der Waals surface area contributed by atoms with Gasteiger partial charge in [-0.1, -0.05) is 23.7 Å². The molecule has 0 aliphatic heterocycles. The highest BCUT2D eigenvalue weighted by Gasteiger charge is 2.10. The number of hydrogen-bond acceptors (Lipinski definition) is 4. The number of thiophene rings is 1. The van der Waals surface area contributed by atoms with E-state index in [1.807, 2.05) is 0 Å². The molecule has 0 aliphatic carbocycles. The Labute approximate surface area is 134 Å². The molecular formula is C15H11ClF2O3S. The van der Waals surface area contributed by atoms with Crippen molar-refractivity contribution in [3.05, 3.63) is 51.2 Å². The van der Waals surface area contributed by atoms with Crippen LogP contribution in [0.2, 0.25) is 4.34 Å². The molecule has 0 saturated carbocycles. The van der Waals surface area contributed by atoms with E-state index < -0.39 is 6.61 Å². The maximum Gasteiger partial charge on any atom is 0.387 e. The van der Waals surface area contributed by atoms with Crippen molar-refractivity contribution in [3.63, 3.8) is 0 Å². The van der Waals surface area contributed by atoms with Crippen LogP contribution in [0.25, 0.3) is 6.08 Å².